The lowest BCUT2D eigenvalue weighted by atomic mass is 9.93. The molecule has 1 unspecified atom stereocenters. The molecule has 0 radical (unpaired) electrons. The van der Waals surface area contributed by atoms with Crippen LogP contribution in [0, 0.1) is 5.92 Å². The lowest BCUT2D eigenvalue weighted by Gasteiger charge is -2.21. The van der Waals surface area contributed by atoms with Crippen molar-refractivity contribution in [1.82, 2.24) is 5.43 Å². The van der Waals surface area contributed by atoms with Gasteiger partial charge in [0.05, 0.1) is 5.71 Å². The number of hydrazone groups is 1. The van der Waals surface area contributed by atoms with Gasteiger partial charge in [0.2, 0.25) is 0 Å². The number of allylic oxidation sites excluding steroid dienone is 1. The Hall–Kier alpha value is -1.90. The molecule has 1 N–H and O–H groups in total. The quantitative estimate of drug-likeness (QED) is 0.806. The van der Waals surface area contributed by atoms with E-state index in [4.69, 9.17) is 0 Å². The third-order valence-corrected chi connectivity index (χ3v) is 2.92. The number of hydrogen-bond donors (Lipinski definition) is 1. The zero-order valence-corrected chi connectivity index (χ0v) is 9.94. The van der Waals surface area contributed by atoms with Crippen LogP contribution in [0.3, 0.4) is 0 Å². The number of benzene rings is 1. The highest BCUT2D eigenvalue weighted by Crippen LogP contribution is 2.20. The fourth-order valence-electron chi connectivity index (χ4n) is 2.02. The first kappa shape index (κ1) is 11.6. The predicted molar refractivity (Wildman–Crippen MR) is 68.8 cm³/mol. The van der Waals surface area contributed by atoms with E-state index < -0.39 is 0 Å². The molecule has 0 fully saturated rings. The molecule has 1 aliphatic heterocycles. The molecular formula is C14H16N2O. The molecule has 1 atom stereocenters. The van der Waals surface area contributed by atoms with Crippen LogP contribution in [0.2, 0.25) is 0 Å². The zero-order chi connectivity index (χ0) is 12.3. The molecule has 1 aliphatic rings. The van der Waals surface area contributed by atoms with Crippen molar-refractivity contribution in [2.45, 2.75) is 19.8 Å². The van der Waals surface area contributed by atoms with Gasteiger partial charge in [-0.05, 0) is 17.5 Å². The summed E-state index contributed by atoms with van der Waals surface area (Å²) in [6, 6.07) is 7.98. The number of carbonyl (C=O) groups is 1. The summed E-state index contributed by atoms with van der Waals surface area (Å²) in [6.45, 7) is 6.02. The van der Waals surface area contributed by atoms with E-state index in [0.717, 1.165) is 35.2 Å². The number of hydrogen-bond acceptors (Lipinski definition) is 3. The summed E-state index contributed by atoms with van der Waals surface area (Å²) in [4.78, 5) is 10.4. The van der Waals surface area contributed by atoms with Crippen molar-refractivity contribution in [3.63, 3.8) is 0 Å². The standard InChI is InChI=1S/C14H16N2O/c1-10-9-11(2)15-16-14(10)13-5-3-12(4-6-13)7-8-17/h3-6,8,10,15H,2,7,9H2,1H3. The van der Waals surface area contributed by atoms with Crippen molar-refractivity contribution >= 4 is 12.0 Å². The summed E-state index contributed by atoms with van der Waals surface area (Å²) in [7, 11) is 0. The monoisotopic (exact) mass is 228 g/mol. The Morgan fingerprint density at radius 3 is 2.76 bits per heavy atom. The van der Waals surface area contributed by atoms with Crippen molar-refractivity contribution in [2.24, 2.45) is 11.0 Å². The average Bonchev–Trinajstić information content (AvgIpc) is 2.31. The van der Waals surface area contributed by atoms with Crippen LogP contribution < -0.4 is 5.43 Å². The Morgan fingerprint density at radius 1 is 1.47 bits per heavy atom. The van der Waals surface area contributed by atoms with Gasteiger partial charge in [-0.15, -0.1) is 0 Å². The first-order chi connectivity index (χ1) is 8.20. The minimum Gasteiger partial charge on any atom is -0.303 e. The summed E-state index contributed by atoms with van der Waals surface area (Å²) in [5.74, 6) is 0.376. The SMILES string of the molecule is C=C1CC(C)C(c2ccc(CC=O)cc2)=NN1. The lowest BCUT2D eigenvalue weighted by molar-refractivity contribution is -0.107. The highest BCUT2D eigenvalue weighted by Gasteiger charge is 2.18. The van der Waals surface area contributed by atoms with Crippen molar-refractivity contribution in [1.29, 1.82) is 0 Å². The minimum atomic E-state index is 0.376. The molecule has 0 spiro atoms. The molecule has 3 nitrogen and oxygen atoms in total. The van der Waals surface area contributed by atoms with Crippen LogP contribution in [-0.2, 0) is 11.2 Å². The Bertz CT molecular complexity index is 460. The van der Waals surface area contributed by atoms with E-state index in [0.29, 0.717) is 12.3 Å². The highest BCUT2D eigenvalue weighted by molar-refractivity contribution is 6.02. The third kappa shape index (κ3) is 2.61. The zero-order valence-electron chi connectivity index (χ0n) is 9.94. The van der Waals surface area contributed by atoms with Gasteiger partial charge in [-0.2, -0.15) is 5.10 Å². The molecule has 1 heterocycles. The second kappa shape index (κ2) is 4.95. The van der Waals surface area contributed by atoms with Crippen LogP contribution in [0.4, 0.5) is 0 Å². The number of nitrogens with zero attached hydrogens (tertiary/aromatic N) is 1. The third-order valence-electron chi connectivity index (χ3n) is 2.92. The van der Waals surface area contributed by atoms with Crippen molar-refractivity contribution < 1.29 is 4.79 Å². The minimum absolute atomic E-state index is 0.376. The van der Waals surface area contributed by atoms with Crippen LogP contribution in [0.5, 0.6) is 0 Å². The highest BCUT2D eigenvalue weighted by atomic mass is 16.1. The van der Waals surface area contributed by atoms with Gasteiger partial charge >= 0.3 is 0 Å². The maximum absolute atomic E-state index is 10.4. The topological polar surface area (TPSA) is 41.5 Å². The van der Waals surface area contributed by atoms with Crippen LogP contribution in [0.25, 0.3) is 0 Å². The normalized spacial score (nSPS) is 19.5. The fraction of sp³-hybridized carbons (Fsp3) is 0.286. The molecule has 1 aromatic rings. The van der Waals surface area contributed by atoms with Gasteiger partial charge in [-0.25, -0.2) is 0 Å². The van der Waals surface area contributed by atoms with Gasteiger partial charge in [0.25, 0.3) is 0 Å². The molecule has 2 rings (SSSR count). The Labute approximate surface area is 101 Å². The smallest absolute Gasteiger partial charge is 0.124 e. The first-order valence-corrected chi connectivity index (χ1v) is 5.75. The molecule has 0 saturated carbocycles. The lowest BCUT2D eigenvalue weighted by Crippen LogP contribution is -2.25. The van der Waals surface area contributed by atoms with E-state index in [9.17, 15) is 4.79 Å². The van der Waals surface area contributed by atoms with Crippen molar-refractivity contribution in [3.05, 3.63) is 47.7 Å². The van der Waals surface area contributed by atoms with E-state index in [1.54, 1.807) is 0 Å². The summed E-state index contributed by atoms with van der Waals surface area (Å²) in [5, 5.41) is 4.33. The average molecular weight is 228 g/mol. The summed E-state index contributed by atoms with van der Waals surface area (Å²) in [5.41, 5.74) is 7.08. The van der Waals surface area contributed by atoms with Crippen LogP contribution in [0.1, 0.15) is 24.5 Å². The Morgan fingerprint density at radius 2 is 2.18 bits per heavy atom. The number of aldehydes is 1. The predicted octanol–water partition coefficient (Wildman–Crippen LogP) is 2.28. The maximum Gasteiger partial charge on any atom is 0.124 e. The van der Waals surface area contributed by atoms with E-state index >= 15 is 0 Å². The molecule has 88 valence electrons. The Balaban J connectivity index is 2.22. The summed E-state index contributed by atoms with van der Waals surface area (Å²) < 4.78 is 0. The van der Waals surface area contributed by atoms with Gasteiger partial charge in [0.1, 0.15) is 6.29 Å². The van der Waals surface area contributed by atoms with Crippen LogP contribution in [0.15, 0.2) is 41.6 Å². The molecule has 0 saturated heterocycles. The van der Waals surface area contributed by atoms with E-state index in [1.165, 1.54) is 0 Å². The van der Waals surface area contributed by atoms with E-state index in [1.807, 2.05) is 24.3 Å². The second-order valence-electron chi connectivity index (χ2n) is 4.39. The molecule has 0 amide bonds. The number of nitrogens with one attached hydrogen (secondary N) is 1. The molecule has 0 bridgehead atoms. The molecule has 0 aliphatic carbocycles. The van der Waals surface area contributed by atoms with Gasteiger partial charge < -0.3 is 4.79 Å². The molecular weight excluding hydrogens is 212 g/mol. The van der Waals surface area contributed by atoms with Gasteiger partial charge in [0.15, 0.2) is 0 Å². The summed E-state index contributed by atoms with van der Waals surface area (Å²) >= 11 is 0. The van der Waals surface area contributed by atoms with Crippen molar-refractivity contribution in [3.8, 4) is 0 Å². The van der Waals surface area contributed by atoms with Gasteiger partial charge in [-0.3, -0.25) is 5.43 Å². The van der Waals surface area contributed by atoms with E-state index in [2.05, 4.69) is 24.0 Å². The molecule has 17 heavy (non-hydrogen) atoms. The van der Waals surface area contributed by atoms with Gasteiger partial charge in [0, 0.05) is 18.0 Å². The van der Waals surface area contributed by atoms with Gasteiger partial charge in [-0.1, -0.05) is 37.8 Å². The maximum atomic E-state index is 10.4. The van der Waals surface area contributed by atoms with Crippen molar-refractivity contribution in [2.75, 3.05) is 0 Å². The van der Waals surface area contributed by atoms with Crippen LogP contribution >= 0.6 is 0 Å². The van der Waals surface area contributed by atoms with Crippen LogP contribution in [-0.4, -0.2) is 12.0 Å². The Kier molecular flexibility index (Phi) is 3.38. The summed E-state index contributed by atoms with van der Waals surface area (Å²) in [6.07, 6.45) is 2.30. The van der Waals surface area contributed by atoms with E-state index in [-0.39, 0.29) is 0 Å². The molecule has 0 aromatic heterocycles. The first-order valence-electron chi connectivity index (χ1n) is 5.75. The fourth-order valence-corrected chi connectivity index (χ4v) is 2.02. The largest absolute Gasteiger partial charge is 0.303 e. The molecule has 3 heteroatoms. The number of carbonyl (C=O) groups excluding carboxylic acids is 1. The number of rotatable bonds is 3. The second-order valence-corrected chi connectivity index (χ2v) is 4.39. The molecule has 1 aromatic carbocycles.